The Labute approximate surface area is 136 Å². The van der Waals surface area contributed by atoms with Gasteiger partial charge in [-0.2, -0.15) is 0 Å². The Hall–Kier alpha value is -0.420. The number of halogens is 3. The van der Waals surface area contributed by atoms with Gasteiger partial charge in [-0.15, -0.1) is 11.3 Å². The van der Waals surface area contributed by atoms with Crippen LogP contribution in [0.1, 0.15) is 34.7 Å². The smallest absolute Gasteiger partial charge is 0.142 e. The molecule has 1 aromatic heterocycles. The average molecular weight is 377 g/mol. The summed E-state index contributed by atoms with van der Waals surface area (Å²) in [6.45, 7) is 5.06. The first-order valence-electron chi connectivity index (χ1n) is 6.47. The second-order valence-electron chi connectivity index (χ2n) is 4.61. The topological polar surface area (TPSA) is 12.0 Å². The maximum absolute atomic E-state index is 13.7. The summed E-state index contributed by atoms with van der Waals surface area (Å²) < 4.78 is 14.8. The zero-order chi connectivity index (χ0) is 14.7. The Kier molecular flexibility index (Phi) is 5.61. The molecule has 0 aliphatic carbocycles. The highest BCUT2D eigenvalue weighted by Gasteiger charge is 2.18. The molecule has 1 atom stereocenters. The van der Waals surface area contributed by atoms with Crippen molar-refractivity contribution < 1.29 is 4.39 Å². The Morgan fingerprint density at radius 1 is 1.40 bits per heavy atom. The van der Waals surface area contributed by atoms with Crippen molar-refractivity contribution >= 4 is 38.9 Å². The third-order valence-electron chi connectivity index (χ3n) is 3.04. The van der Waals surface area contributed by atoms with Gasteiger partial charge in [-0.25, -0.2) is 4.39 Å². The molecule has 1 nitrogen and oxygen atoms in total. The highest BCUT2D eigenvalue weighted by Crippen LogP contribution is 2.34. The number of hydrogen-bond donors (Lipinski definition) is 1. The third-order valence-corrected chi connectivity index (χ3v) is 5.54. The molecular formula is C15H16BrClFNS. The van der Waals surface area contributed by atoms with Gasteiger partial charge < -0.3 is 5.32 Å². The van der Waals surface area contributed by atoms with E-state index in [-0.39, 0.29) is 16.9 Å². The minimum atomic E-state index is -0.375. The number of rotatable bonds is 5. The molecule has 1 heterocycles. The number of aryl methyl sites for hydroxylation is 1. The fraction of sp³-hybridized carbons (Fsp3) is 0.333. The van der Waals surface area contributed by atoms with Crippen molar-refractivity contribution in [3.8, 4) is 0 Å². The predicted molar refractivity (Wildman–Crippen MR) is 88.3 cm³/mol. The zero-order valence-corrected chi connectivity index (χ0v) is 14.5. The fourth-order valence-corrected chi connectivity index (χ4v) is 3.77. The summed E-state index contributed by atoms with van der Waals surface area (Å²) in [4.78, 5) is 2.39. The standard InChI is InChI=1S/C15H16BrClFNS/c1-3-6-19-15(14-8-11(16)9(2)20-14)10-4-5-12(17)13(18)7-10/h4-5,7-8,15,19H,3,6H2,1-2H3. The number of benzene rings is 1. The molecule has 0 fully saturated rings. The first-order chi connectivity index (χ1) is 9.52. The maximum Gasteiger partial charge on any atom is 0.142 e. The van der Waals surface area contributed by atoms with Gasteiger partial charge in [0.25, 0.3) is 0 Å². The van der Waals surface area contributed by atoms with E-state index in [4.69, 9.17) is 11.6 Å². The molecule has 0 amide bonds. The molecule has 5 heteroatoms. The monoisotopic (exact) mass is 375 g/mol. The van der Waals surface area contributed by atoms with Crippen LogP contribution in [-0.2, 0) is 0 Å². The zero-order valence-electron chi connectivity index (χ0n) is 11.3. The third kappa shape index (κ3) is 3.61. The lowest BCUT2D eigenvalue weighted by atomic mass is 10.0. The highest BCUT2D eigenvalue weighted by atomic mass is 79.9. The lowest BCUT2D eigenvalue weighted by Gasteiger charge is -2.18. The molecule has 108 valence electrons. The Bertz CT molecular complexity index is 580. The molecule has 2 rings (SSSR count). The molecule has 1 aromatic carbocycles. The molecule has 2 aromatic rings. The van der Waals surface area contributed by atoms with E-state index >= 15 is 0 Å². The average Bonchev–Trinajstić information content (AvgIpc) is 2.74. The van der Waals surface area contributed by atoms with Gasteiger partial charge in [0.2, 0.25) is 0 Å². The van der Waals surface area contributed by atoms with Crippen molar-refractivity contribution in [1.29, 1.82) is 0 Å². The molecule has 0 aliphatic rings. The van der Waals surface area contributed by atoms with Crippen molar-refractivity contribution in [2.75, 3.05) is 6.54 Å². The molecule has 1 N–H and O–H groups in total. The van der Waals surface area contributed by atoms with E-state index in [1.807, 2.05) is 6.07 Å². The minimum absolute atomic E-state index is 0.00304. The van der Waals surface area contributed by atoms with Crippen LogP contribution in [0.4, 0.5) is 4.39 Å². The van der Waals surface area contributed by atoms with Gasteiger partial charge in [-0.05, 0) is 59.6 Å². The summed E-state index contributed by atoms with van der Waals surface area (Å²) >= 11 is 11.0. The van der Waals surface area contributed by atoms with Gasteiger partial charge in [0.05, 0.1) is 11.1 Å². The normalized spacial score (nSPS) is 12.7. The van der Waals surface area contributed by atoms with Gasteiger partial charge >= 0.3 is 0 Å². The van der Waals surface area contributed by atoms with E-state index in [0.717, 1.165) is 23.0 Å². The minimum Gasteiger partial charge on any atom is -0.306 e. The van der Waals surface area contributed by atoms with Crippen LogP contribution in [0.15, 0.2) is 28.7 Å². The molecule has 0 spiro atoms. The van der Waals surface area contributed by atoms with Crippen LogP contribution in [0, 0.1) is 12.7 Å². The van der Waals surface area contributed by atoms with Crippen molar-refractivity contribution in [3.05, 3.63) is 54.9 Å². The van der Waals surface area contributed by atoms with Crippen LogP contribution in [0.25, 0.3) is 0 Å². The van der Waals surface area contributed by atoms with E-state index in [1.165, 1.54) is 15.8 Å². The van der Waals surface area contributed by atoms with E-state index in [1.54, 1.807) is 17.4 Å². The predicted octanol–water partition coefficient (Wildman–Crippen LogP) is 5.70. The van der Waals surface area contributed by atoms with Crippen molar-refractivity contribution in [1.82, 2.24) is 5.32 Å². The largest absolute Gasteiger partial charge is 0.306 e. The van der Waals surface area contributed by atoms with Crippen LogP contribution in [-0.4, -0.2) is 6.54 Å². The van der Waals surface area contributed by atoms with Crippen LogP contribution in [0.2, 0.25) is 5.02 Å². The number of hydrogen-bond acceptors (Lipinski definition) is 2. The van der Waals surface area contributed by atoms with E-state index in [2.05, 4.69) is 41.2 Å². The molecule has 1 unspecified atom stereocenters. The van der Waals surface area contributed by atoms with Crippen molar-refractivity contribution in [3.63, 3.8) is 0 Å². The molecule has 0 aliphatic heterocycles. The highest BCUT2D eigenvalue weighted by molar-refractivity contribution is 9.10. The van der Waals surface area contributed by atoms with Crippen LogP contribution in [0.3, 0.4) is 0 Å². The lowest BCUT2D eigenvalue weighted by Crippen LogP contribution is -2.22. The molecule has 20 heavy (non-hydrogen) atoms. The quantitative estimate of drug-likeness (QED) is 0.705. The van der Waals surface area contributed by atoms with Gasteiger partial charge in [-0.3, -0.25) is 0 Å². The van der Waals surface area contributed by atoms with Crippen molar-refractivity contribution in [2.24, 2.45) is 0 Å². The molecule has 0 saturated carbocycles. The summed E-state index contributed by atoms with van der Waals surface area (Å²) in [7, 11) is 0. The molecule has 0 radical (unpaired) electrons. The molecule has 0 saturated heterocycles. The summed E-state index contributed by atoms with van der Waals surface area (Å²) in [5, 5.41) is 3.63. The summed E-state index contributed by atoms with van der Waals surface area (Å²) in [5.41, 5.74) is 0.897. The van der Waals surface area contributed by atoms with Gasteiger partial charge in [0.1, 0.15) is 5.82 Å². The van der Waals surface area contributed by atoms with Crippen LogP contribution < -0.4 is 5.32 Å². The lowest BCUT2D eigenvalue weighted by molar-refractivity contribution is 0.591. The first kappa shape index (κ1) is 16.0. The second-order valence-corrected chi connectivity index (χ2v) is 7.16. The van der Waals surface area contributed by atoms with E-state index in [9.17, 15) is 4.39 Å². The maximum atomic E-state index is 13.7. The second kappa shape index (κ2) is 7.03. The summed E-state index contributed by atoms with van der Waals surface area (Å²) in [5.74, 6) is -0.375. The van der Waals surface area contributed by atoms with E-state index in [0.29, 0.717) is 0 Å². The van der Waals surface area contributed by atoms with Crippen molar-refractivity contribution in [2.45, 2.75) is 26.3 Å². The molecular weight excluding hydrogens is 361 g/mol. The Morgan fingerprint density at radius 2 is 2.15 bits per heavy atom. The van der Waals surface area contributed by atoms with Gasteiger partial charge in [0, 0.05) is 14.2 Å². The van der Waals surface area contributed by atoms with Crippen LogP contribution >= 0.6 is 38.9 Å². The molecule has 0 bridgehead atoms. The van der Waals surface area contributed by atoms with Crippen LogP contribution in [0.5, 0.6) is 0 Å². The first-order valence-corrected chi connectivity index (χ1v) is 8.45. The summed E-state index contributed by atoms with van der Waals surface area (Å²) in [6.07, 6.45) is 1.03. The fourth-order valence-electron chi connectivity index (χ4n) is 1.99. The van der Waals surface area contributed by atoms with Gasteiger partial charge in [-0.1, -0.05) is 24.6 Å². The Balaban J connectivity index is 2.38. The van der Waals surface area contributed by atoms with E-state index < -0.39 is 0 Å². The number of nitrogens with one attached hydrogen (secondary N) is 1. The summed E-state index contributed by atoms with van der Waals surface area (Å²) in [6, 6.07) is 7.10. The number of thiophene rings is 1. The van der Waals surface area contributed by atoms with Gasteiger partial charge in [0.15, 0.2) is 0 Å². The Morgan fingerprint density at radius 3 is 2.70 bits per heavy atom. The SMILES string of the molecule is CCCNC(c1ccc(Cl)c(F)c1)c1cc(Br)c(C)s1.